The fraction of sp³-hybridized carbons (Fsp3) is 0.143. The maximum atomic E-state index is 12.1. The maximum Gasteiger partial charge on any atom is 0.270 e. The highest BCUT2D eigenvalue weighted by molar-refractivity contribution is 6.63. The average Bonchev–Trinajstić information content (AvgIpc) is 2.44. The van der Waals surface area contributed by atoms with Gasteiger partial charge in [-0.3, -0.25) is 19.7 Å². The van der Waals surface area contributed by atoms with Crippen LogP contribution < -0.4 is 5.56 Å². The largest absolute Gasteiger partial charge is 0.311 e. The van der Waals surface area contributed by atoms with E-state index in [0.717, 1.165) is 0 Å². The molecule has 0 atom stereocenters. The van der Waals surface area contributed by atoms with Crippen LogP contribution >= 0.6 is 11.6 Å². The molecule has 2 rings (SSSR count). The molecule has 0 fully saturated rings. The Kier molecular flexibility index (Phi) is 4.18. The Bertz CT molecular complexity index is 783. The van der Waals surface area contributed by atoms with Gasteiger partial charge in [-0.25, -0.2) is 0 Å². The molecule has 0 saturated carbocycles. The van der Waals surface area contributed by atoms with E-state index in [1.165, 1.54) is 22.8 Å². The van der Waals surface area contributed by atoms with E-state index in [4.69, 9.17) is 11.6 Å². The molecule has 21 heavy (non-hydrogen) atoms. The zero-order valence-corrected chi connectivity index (χ0v) is 11.8. The Labute approximate surface area is 124 Å². The Balaban J connectivity index is 2.53. The molecule has 0 bridgehead atoms. The summed E-state index contributed by atoms with van der Waals surface area (Å²) in [5.74, 6) is 0. The van der Waals surface area contributed by atoms with E-state index in [1.54, 1.807) is 25.2 Å². The highest BCUT2D eigenvalue weighted by atomic mass is 35.5. The Morgan fingerprint density at radius 3 is 2.67 bits per heavy atom. The summed E-state index contributed by atoms with van der Waals surface area (Å²) < 4.78 is 1.34. The number of nitro benzene ring substituents is 1. The number of carbonyl (C=O) groups is 1. The van der Waals surface area contributed by atoms with E-state index in [9.17, 15) is 19.7 Å². The van der Waals surface area contributed by atoms with Gasteiger partial charge in [0.25, 0.3) is 11.2 Å². The van der Waals surface area contributed by atoms with E-state index in [2.05, 4.69) is 0 Å². The van der Waals surface area contributed by atoms with Crippen molar-refractivity contribution in [3.63, 3.8) is 0 Å². The molecule has 6 nitrogen and oxygen atoms in total. The minimum Gasteiger partial charge on any atom is -0.311 e. The second-order valence-electron chi connectivity index (χ2n) is 4.45. The summed E-state index contributed by atoms with van der Waals surface area (Å²) >= 11 is 5.29. The van der Waals surface area contributed by atoms with E-state index < -0.39 is 10.2 Å². The zero-order chi connectivity index (χ0) is 15.6. The van der Waals surface area contributed by atoms with Gasteiger partial charge in [-0.1, -0.05) is 18.2 Å². The van der Waals surface area contributed by atoms with Crippen molar-refractivity contribution in [2.45, 2.75) is 6.42 Å². The van der Waals surface area contributed by atoms with Crippen LogP contribution in [0.25, 0.3) is 11.3 Å². The Morgan fingerprint density at radius 1 is 1.33 bits per heavy atom. The Morgan fingerprint density at radius 2 is 2.05 bits per heavy atom. The van der Waals surface area contributed by atoms with Crippen LogP contribution in [0.15, 0.2) is 41.2 Å². The van der Waals surface area contributed by atoms with Crippen LogP contribution in [0, 0.1) is 10.1 Å². The molecule has 0 saturated heterocycles. The van der Waals surface area contributed by atoms with Gasteiger partial charge in [0, 0.05) is 30.3 Å². The van der Waals surface area contributed by atoms with Gasteiger partial charge in [-0.15, -0.1) is 0 Å². The van der Waals surface area contributed by atoms with Crippen molar-refractivity contribution >= 4 is 22.5 Å². The SMILES string of the molecule is Cn1c(-c2cccc([N+](=O)[O-])c2)ccc(CC(=O)Cl)c1=O. The van der Waals surface area contributed by atoms with E-state index >= 15 is 0 Å². The van der Waals surface area contributed by atoms with Crippen LogP contribution in [0.1, 0.15) is 5.56 Å². The number of pyridine rings is 1. The number of benzene rings is 1. The molecule has 1 heterocycles. The summed E-state index contributed by atoms with van der Waals surface area (Å²) in [5.41, 5.74) is 0.946. The van der Waals surface area contributed by atoms with Crippen LogP contribution in [0.2, 0.25) is 0 Å². The quantitative estimate of drug-likeness (QED) is 0.493. The lowest BCUT2D eigenvalue weighted by Gasteiger charge is -2.09. The molecule has 0 radical (unpaired) electrons. The minimum absolute atomic E-state index is 0.0556. The smallest absolute Gasteiger partial charge is 0.270 e. The number of nitro groups is 1. The van der Waals surface area contributed by atoms with Crippen molar-refractivity contribution in [3.8, 4) is 11.3 Å². The summed E-state index contributed by atoms with van der Waals surface area (Å²) in [6.45, 7) is 0. The Hall–Kier alpha value is -2.47. The third-order valence-electron chi connectivity index (χ3n) is 3.07. The number of carbonyl (C=O) groups excluding carboxylic acids is 1. The monoisotopic (exact) mass is 306 g/mol. The van der Waals surface area contributed by atoms with E-state index in [-0.39, 0.29) is 23.2 Å². The number of nitrogens with zero attached hydrogens (tertiary/aromatic N) is 2. The number of rotatable bonds is 4. The lowest BCUT2D eigenvalue weighted by atomic mass is 10.1. The van der Waals surface area contributed by atoms with Crippen molar-refractivity contribution in [1.82, 2.24) is 4.57 Å². The molecule has 0 amide bonds. The molecule has 0 unspecified atom stereocenters. The zero-order valence-electron chi connectivity index (χ0n) is 11.1. The molecular formula is C14H11ClN2O4. The third kappa shape index (κ3) is 3.17. The van der Waals surface area contributed by atoms with Gasteiger partial charge in [-0.2, -0.15) is 0 Å². The lowest BCUT2D eigenvalue weighted by molar-refractivity contribution is -0.384. The third-order valence-corrected chi connectivity index (χ3v) is 3.20. The molecule has 108 valence electrons. The van der Waals surface area contributed by atoms with Crippen LogP contribution in [-0.4, -0.2) is 14.7 Å². The summed E-state index contributed by atoms with van der Waals surface area (Å²) in [6.07, 6.45) is -0.149. The van der Waals surface area contributed by atoms with E-state index in [0.29, 0.717) is 11.3 Å². The normalized spacial score (nSPS) is 10.4. The molecule has 0 N–H and O–H groups in total. The first kappa shape index (κ1) is 14.9. The van der Waals surface area contributed by atoms with Gasteiger partial charge >= 0.3 is 0 Å². The molecule has 0 aliphatic heterocycles. The number of non-ortho nitro benzene ring substituents is 1. The highest BCUT2D eigenvalue weighted by Gasteiger charge is 2.12. The molecule has 1 aromatic carbocycles. The van der Waals surface area contributed by atoms with Gasteiger partial charge < -0.3 is 4.57 Å². The second-order valence-corrected chi connectivity index (χ2v) is 4.87. The van der Waals surface area contributed by atoms with Crippen molar-refractivity contribution in [1.29, 1.82) is 0 Å². The average molecular weight is 307 g/mol. The van der Waals surface area contributed by atoms with Crippen LogP contribution in [0.4, 0.5) is 5.69 Å². The topological polar surface area (TPSA) is 82.2 Å². The molecule has 0 spiro atoms. The number of aromatic nitrogens is 1. The first-order valence-electron chi connectivity index (χ1n) is 6.02. The summed E-state index contributed by atoms with van der Waals surface area (Å²) in [7, 11) is 1.54. The number of hydrogen-bond donors (Lipinski definition) is 0. The molecule has 0 aliphatic carbocycles. The van der Waals surface area contributed by atoms with Gasteiger partial charge in [0.2, 0.25) is 5.24 Å². The predicted octanol–water partition coefficient (Wildman–Crippen LogP) is 2.27. The molecule has 0 aliphatic rings. The van der Waals surface area contributed by atoms with Crippen molar-refractivity contribution < 1.29 is 9.72 Å². The van der Waals surface area contributed by atoms with Crippen LogP contribution in [-0.2, 0) is 18.3 Å². The molecular weight excluding hydrogens is 296 g/mol. The second kappa shape index (κ2) is 5.88. The van der Waals surface area contributed by atoms with Gasteiger partial charge in [0.05, 0.1) is 17.0 Å². The number of hydrogen-bond acceptors (Lipinski definition) is 4. The van der Waals surface area contributed by atoms with Crippen molar-refractivity contribution in [2.24, 2.45) is 7.05 Å². The predicted molar refractivity (Wildman–Crippen MR) is 78.3 cm³/mol. The standard InChI is InChI=1S/C14H11ClN2O4/c1-16-12(6-5-10(14(16)19)8-13(15)18)9-3-2-4-11(7-9)17(20)21/h2-7H,8H2,1H3. The summed E-state index contributed by atoms with van der Waals surface area (Å²) in [4.78, 5) is 33.3. The maximum absolute atomic E-state index is 12.1. The summed E-state index contributed by atoms with van der Waals surface area (Å²) in [6, 6.07) is 9.14. The van der Waals surface area contributed by atoms with Crippen LogP contribution in [0.3, 0.4) is 0 Å². The number of halogens is 1. The fourth-order valence-corrected chi connectivity index (χ4v) is 2.18. The fourth-order valence-electron chi connectivity index (χ4n) is 2.04. The first-order valence-corrected chi connectivity index (χ1v) is 6.40. The van der Waals surface area contributed by atoms with Gasteiger partial charge in [-0.05, 0) is 17.7 Å². The minimum atomic E-state index is -0.616. The van der Waals surface area contributed by atoms with Crippen molar-refractivity contribution in [2.75, 3.05) is 0 Å². The van der Waals surface area contributed by atoms with Gasteiger partial charge in [0.15, 0.2) is 0 Å². The molecule has 7 heteroatoms. The highest BCUT2D eigenvalue weighted by Crippen LogP contribution is 2.22. The van der Waals surface area contributed by atoms with Gasteiger partial charge in [0.1, 0.15) is 0 Å². The first-order chi connectivity index (χ1) is 9.90. The van der Waals surface area contributed by atoms with E-state index in [1.807, 2.05) is 0 Å². The van der Waals surface area contributed by atoms with Crippen LogP contribution in [0.5, 0.6) is 0 Å². The van der Waals surface area contributed by atoms with Crippen molar-refractivity contribution in [3.05, 3.63) is 62.4 Å². The molecule has 1 aromatic heterocycles. The lowest BCUT2D eigenvalue weighted by Crippen LogP contribution is -2.23. The molecule has 2 aromatic rings. The summed E-state index contributed by atoms with van der Waals surface area (Å²) in [5, 5.41) is 10.2.